The van der Waals surface area contributed by atoms with Crippen molar-refractivity contribution in [2.24, 2.45) is 0 Å². The van der Waals surface area contributed by atoms with Crippen molar-refractivity contribution < 1.29 is 14.6 Å². The minimum atomic E-state index is -0.219. The number of carbonyl (C=O) groups is 1. The number of hydrogen-bond acceptors (Lipinski definition) is 5. The SMILES string of the molecule is COc1cc2c(cc1CO)C(=CC(=O)c1ccc(Cl)nc1)NC(C)(C)C2. The van der Waals surface area contributed by atoms with E-state index < -0.39 is 0 Å². The third kappa shape index (κ3) is 3.74. The van der Waals surface area contributed by atoms with Gasteiger partial charge in [-0.05, 0) is 50.1 Å². The lowest BCUT2D eigenvalue weighted by atomic mass is 9.84. The van der Waals surface area contributed by atoms with Crippen LogP contribution in [-0.2, 0) is 13.0 Å². The number of hydrogen-bond donors (Lipinski definition) is 2. The van der Waals surface area contributed by atoms with Crippen molar-refractivity contribution in [1.29, 1.82) is 0 Å². The maximum absolute atomic E-state index is 12.6. The maximum atomic E-state index is 12.6. The van der Waals surface area contributed by atoms with Gasteiger partial charge < -0.3 is 15.2 Å². The van der Waals surface area contributed by atoms with Crippen molar-refractivity contribution >= 4 is 23.1 Å². The molecular weight excluding hydrogens is 352 g/mol. The Bertz CT molecular complexity index is 873. The number of aliphatic hydroxyl groups excluding tert-OH is 1. The van der Waals surface area contributed by atoms with Gasteiger partial charge in [0.05, 0.1) is 13.7 Å². The van der Waals surface area contributed by atoms with E-state index in [2.05, 4.69) is 24.1 Å². The molecule has 0 spiro atoms. The molecule has 2 N–H and O–H groups in total. The molecule has 0 atom stereocenters. The van der Waals surface area contributed by atoms with E-state index in [0.29, 0.717) is 27.7 Å². The predicted octanol–water partition coefficient (Wildman–Crippen LogP) is 3.38. The first-order valence-electron chi connectivity index (χ1n) is 8.30. The summed E-state index contributed by atoms with van der Waals surface area (Å²) in [5, 5.41) is 13.4. The zero-order valence-corrected chi connectivity index (χ0v) is 15.7. The number of nitrogens with zero attached hydrogens (tertiary/aromatic N) is 1. The Morgan fingerprint density at radius 3 is 2.81 bits per heavy atom. The summed E-state index contributed by atoms with van der Waals surface area (Å²) in [6.45, 7) is 4.01. The van der Waals surface area contributed by atoms with Gasteiger partial charge in [0.2, 0.25) is 0 Å². The van der Waals surface area contributed by atoms with Gasteiger partial charge in [0.15, 0.2) is 5.78 Å². The van der Waals surface area contributed by atoms with Gasteiger partial charge in [-0.15, -0.1) is 0 Å². The Balaban J connectivity index is 2.07. The van der Waals surface area contributed by atoms with Crippen molar-refractivity contribution in [2.45, 2.75) is 32.4 Å². The number of allylic oxidation sites excluding steroid dienone is 1. The number of nitrogens with one attached hydrogen (secondary N) is 1. The smallest absolute Gasteiger partial charge is 0.189 e. The molecule has 0 fully saturated rings. The van der Waals surface area contributed by atoms with E-state index in [1.54, 1.807) is 25.3 Å². The summed E-state index contributed by atoms with van der Waals surface area (Å²) in [6.07, 6.45) is 3.81. The highest BCUT2D eigenvalue weighted by atomic mass is 35.5. The first kappa shape index (κ1) is 18.4. The van der Waals surface area contributed by atoms with Crippen LogP contribution in [0.3, 0.4) is 0 Å². The average molecular weight is 373 g/mol. The Kier molecular flexibility index (Phi) is 5.03. The molecule has 0 bridgehead atoms. The fourth-order valence-electron chi connectivity index (χ4n) is 3.18. The van der Waals surface area contributed by atoms with E-state index >= 15 is 0 Å². The summed E-state index contributed by atoms with van der Waals surface area (Å²) < 4.78 is 5.38. The lowest BCUT2D eigenvalue weighted by Crippen LogP contribution is -2.44. The molecule has 1 aliphatic heterocycles. The number of aromatic nitrogens is 1. The molecule has 0 unspecified atom stereocenters. The first-order valence-corrected chi connectivity index (χ1v) is 8.67. The van der Waals surface area contributed by atoms with Crippen molar-refractivity contribution in [2.75, 3.05) is 7.11 Å². The van der Waals surface area contributed by atoms with Gasteiger partial charge in [-0.1, -0.05) is 11.6 Å². The highest BCUT2D eigenvalue weighted by Gasteiger charge is 2.29. The van der Waals surface area contributed by atoms with Crippen LogP contribution < -0.4 is 10.1 Å². The molecule has 0 amide bonds. The number of carbonyl (C=O) groups excluding carboxylic acids is 1. The molecule has 0 saturated carbocycles. The van der Waals surface area contributed by atoms with Crippen LogP contribution in [0.4, 0.5) is 0 Å². The summed E-state index contributed by atoms with van der Waals surface area (Å²) in [5.74, 6) is 0.484. The second-order valence-corrected chi connectivity index (χ2v) is 7.34. The molecule has 2 heterocycles. The standard InChI is InChI=1S/C20H21ClN2O3/c1-20(2)9-13-7-18(26-3)14(11-24)6-15(13)16(23-20)8-17(25)12-4-5-19(21)22-10-12/h4-8,10,23-24H,9,11H2,1-3H3. The lowest BCUT2D eigenvalue weighted by Gasteiger charge is -2.36. The molecule has 5 nitrogen and oxygen atoms in total. The molecule has 6 heteroatoms. The number of benzene rings is 1. The second-order valence-electron chi connectivity index (χ2n) is 6.96. The van der Waals surface area contributed by atoms with Crippen LogP contribution >= 0.6 is 11.6 Å². The minimum Gasteiger partial charge on any atom is -0.496 e. The number of ketones is 1. The Morgan fingerprint density at radius 1 is 1.42 bits per heavy atom. The molecule has 3 rings (SSSR count). The average Bonchev–Trinajstić information content (AvgIpc) is 2.60. The number of fused-ring (bicyclic) bond motifs is 1. The van der Waals surface area contributed by atoms with E-state index in [-0.39, 0.29) is 17.9 Å². The first-order chi connectivity index (χ1) is 12.3. The Hall–Kier alpha value is -2.37. The quantitative estimate of drug-likeness (QED) is 0.489. The number of aliphatic hydroxyl groups is 1. The summed E-state index contributed by atoms with van der Waals surface area (Å²) in [7, 11) is 1.58. The summed E-state index contributed by atoms with van der Waals surface area (Å²) in [6, 6.07) is 7.05. The Labute approximate surface area is 157 Å². The molecule has 26 heavy (non-hydrogen) atoms. The molecule has 136 valence electrons. The monoisotopic (exact) mass is 372 g/mol. The van der Waals surface area contributed by atoms with Crippen molar-refractivity contribution in [3.05, 3.63) is 63.9 Å². The van der Waals surface area contributed by atoms with Crippen LogP contribution in [0.1, 0.15) is 40.9 Å². The molecular formula is C20H21ClN2O3. The molecule has 2 aromatic rings. The lowest BCUT2D eigenvalue weighted by molar-refractivity contribution is 0.104. The van der Waals surface area contributed by atoms with Gasteiger partial charge in [-0.3, -0.25) is 4.79 Å². The van der Waals surface area contributed by atoms with Crippen molar-refractivity contribution in [3.63, 3.8) is 0 Å². The van der Waals surface area contributed by atoms with Gasteiger partial charge >= 0.3 is 0 Å². The van der Waals surface area contributed by atoms with Gasteiger partial charge in [-0.25, -0.2) is 4.98 Å². The summed E-state index contributed by atoms with van der Waals surface area (Å²) in [5.41, 5.74) is 3.60. The van der Waals surface area contributed by atoms with Crippen LogP contribution in [0, 0.1) is 0 Å². The van der Waals surface area contributed by atoms with E-state index in [1.807, 2.05) is 12.1 Å². The van der Waals surface area contributed by atoms with Crippen LogP contribution in [0.2, 0.25) is 5.15 Å². The Morgan fingerprint density at radius 2 is 2.19 bits per heavy atom. The van der Waals surface area contributed by atoms with Gasteiger partial charge in [0.1, 0.15) is 10.9 Å². The van der Waals surface area contributed by atoms with Crippen molar-refractivity contribution in [1.82, 2.24) is 10.3 Å². The van der Waals surface area contributed by atoms with Crippen LogP contribution in [0.15, 0.2) is 36.5 Å². The van der Waals surface area contributed by atoms with Crippen LogP contribution in [0.25, 0.3) is 5.70 Å². The van der Waals surface area contributed by atoms with Crippen LogP contribution in [0.5, 0.6) is 5.75 Å². The maximum Gasteiger partial charge on any atom is 0.189 e. The van der Waals surface area contributed by atoms with E-state index in [0.717, 1.165) is 17.5 Å². The highest BCUT2D eigenvalue weighted by molar-refractivity contribution is 6.29. The van der Waals surface area contributed by atoms with E-state index in [4.69, 9.17) is 16.3 Å². The predicted molar refractivity (Wildman–Crippen MR) is 101 cm³/mol. The van der Waals surface area contributed by atoms with Crippen molar-refractivity contribution in [3.8, 4) is 5.75 Å². The van der Waals surface area contributed by atoms with Gasteiger partial charge in [0, 0.05) is 40.2 Å². The van der Waals surface area contributed by atoms with Gasteiger partial charge in [0.25, 0.3) is 0 Å². The zero-order chi connectivity index (χ0) is 18.9. The number of halogens is 1. The second kappa shape index (κ2) is 7.09. The molecule has 0 saturated heterocycles. The third-order valence-corrected chi connectivity index (χ3v) is 4.58. The van der Waals surface area contributed by atoms with Gasteiger partial charge in [-0.2, -0.15) is 0 Å². The fraction of sp³-hybridized carbons (Fsp3) is 0.300. The third-order valence-electron chi connectivity index (χ3n) is 4.36. The number of methoxy groups -OCH3 is 1. The molecule has 0 aliphatic carbocycles. The molecule has 1 aromatic heterocycles. The summed E-state index contributed by atoms with van der Waals surface area (Å²) >= 11 is 5.79. The topological polar surface area (TPSA) is 71.5 Å². The minimum absolute atomic E-state index is 0.137. The highest BCUT2D eigenvalue weighted by Crippen LogP contribution is 2.34. The zero-order valence-electron chi connectivity index (χ0n) is 15.0. The van der Waals surface area contributed by atoms with E-state index in [9.17, 15) is 9.90 Å². The summed E-state index contributed by atoms with van der Waals surface area (Å²) in [4.78, 5) is 16.6. The molecule has 0 radical (unpaired) electrons. The molecule has 1 aliphatic rings. The normalized spacial score (nSPS) is 16.7. The number of rotatable bonds is 4. The largest absolute Gasteiger partial charge is 0.496 e. The fourth-order valence-corrected chi connectivity index (χ4v) is 3.29. The molecule has 1 aromatic carbocycles. The number of ether oxygens (including phenoxy) is 1. The van der Waals surface area contributed by atoms with Crippen LogP contribution in [-0.4, -0.2) is 28.5 Å². The van der Waals surface area contributed by atoms with E-state index in [1.165, 1.54) is 6.20 Å². The number of pyridine rings is 1.